The molecule has 1 atom stereocenters. The molecule has 0 saturated carbocycles. The number of halogens is 1. The highest BCUT2D eigenvalue weighted by atomic mass is 127. The molecular weight excluding hydrogens is 431 g/mol. The first kappa shape index (κ1) is 19.4. The number of nitrogens with one attached hydrogen (secondary N) is 2. The zero-order valence-corrected chi connectivity index (χ0v) is 17.3. The molecule has 2 heterocycles. The summed E-state index contributed by atoms with van der Waals surface area (Å²) in [4.78, 5) is 6.71. The molecule has 1 unspecified atom stereocenters. The Balaban J connectivity index is 0.00000208. The van der Waals surface area contributed by atoms with Gasteiger partial charge in [-0.25, -0.2) is 0 Å². The topological polar surface area (TPSA) is 39.7 Å². The van der Waals surface area contributed by atoms with Crippen LogP contribution in [0.15, 0.2) is 41.4 Å². The predicted octanol–water partition coefficient (Wildman–Crippen LogP) is 3.24. The molecule has 1 aromatic carbocycles. The number of guanidine groups is 1. The van der Waals surface area contributed by atoms with Crippen LogP contribution < -0.4 is 15.5 Å². The number of hydrogen-bond acceptors (Lipinski definition) is 3. The number of benzene rings is 1. The van der Waals surface area contributed by atoms with E-state index in [-0.39, 0.29) is 24.0 Å². The number of anilines is 1. The van der Waals surface area contributed by atoms with E-state index in [1.807, 2.05) is 18.8 Å². The number of hydrogen-bond donors (Lipinski definition) is 2. The van der Waals surface area contributed by atoms with E-state index in [1.165, 1.54) is 35.6 Å². The van der Waals surface area contributed by atoms with Gasteiger partial charge in [-0.1, -0.05) is 24.3 Å². The Hall–Kier alpha value is -0.890. The molecule has 6 heteroatoms. The van der Waals surface area contributed by atoms with Crippen LogP contribution in [0, 0.1) is 0 Å². The maximum atomic E-state index is 4.35. The molecule has 0 radical (unpaired) electrons. The zero-order valence-electron chi connectivity index (χ0n) is 14.2. The SMILES string of the molecule is CN=C(NCc1ccc(N2CC=CC2)cc1)NC1CCCSC1.I. The summed E-state index contributed by atoms with van der Waals surface area (Å²) in [6, 6.07) is 9.36. The van der Waals surface area contributed by atoms with Gasteiger partial charge < -0.3 is 15.5 Å². The molecule has 2 aliphatic rings. The van der Waals surface area contributed by atoms with Gasteiger partial charge in [0.2, 0.25) is 0 Å². The van der Waals surface area contributed by atoms with Gasteiger partial charge >= 0.3 is 0 Å². The summed E-state index contributed by atoms with van der Waals surface area (Å²) >= 11 is 2.03. The first-order valence-electron chi connectivity index (χ1n) is 8.39. The van der Waals surface area contributed by atoms with Crippen molar-refractivity contribution in [2.45, 2.75) is 25.4 Å². The minimum absolute atomic E-state index is 0. The average Bonchev–Trinajstić information content (AvgIpc) is 3.14. The molecule has 2 aliphatic heterocycles. The third-order valence-corrected chi connectivity index (χ3v) is 5.52. The number of rotatable bonds is 4. The van der Waals surface area contributed by atoms with Gasteiger partial charge in [-0.3, -0.25) is 4.99 Å². The molecule has 2 N–H and O–H groups in total. The average molecular weight is 458 g/mol. The second-order valence-electron chi connectivity index (χ2n) is 6.03. The largest absolute Gasteiger partial charge is 0.364 e. The van der Waals surface area contributed by atoms with Gasteiger partial charge in [0.15, 0.2) is 5.96 Å². The predicted molar refractivity (Wildman–Crippen MR) is 117 cm³/mol. The van der Waals surface area contributed by atoms with Crippen LogP contribution in [0.4, 0.5) is 5.69 Å². The monoisotopic (exact) mass is 458 g/mol. The van der Waals surface area contributed by atoms with Crippen LogP contribution in [0.25, 0.3) is 0 Å². The van der Waals surface area contributed by atoms with Crippen LogP contribution in [0.1, 0.15) is 18.4 Å². The Labute approximate surface area is 166 Å². The standard InChI is InChI=1S/C18H26N4S.HI/c1-19-18(21-16-5-4-12-23-14-16)20-13-15-6-8-17(9-7-15)22-10-2-3-11-22;/h2-3,6-9,16H,4-5,10-14H2,1H3,(H2,19,20,21);1H. The Morgan fingerprint density at radius 1 is 1.25 bits per heavy atom. The smallest absolute Gasteiger partial charge is 0.191 e. The molecule has 0 amide bonds. The van der Waals surface area contributed by atoms with Crippen molar-refractivity contribution in [2.75, 3.05) is 36.5 Å². The third-order valence-electron chi connectivity index (χ3n) is 4.30. The number of aliphatic imine (C=N–C) groups is 1. The Morgan fingerprint density at radius 3 is 2.62 bits per heavy atom. The lowest BCUT2D eigenvalue weighted by Crippen LogP contribution is -2.45. The van der Waals surface area contributed by atoms with Crippen molar-refractivity contribution >= 4 is 47.4 Å². The van der Waals surface area contributed by atoms with Crippen molar-refractivity contribution in [3.8, 4) is 0 Å². The highest BCUT2D eigenvalue weighted by molar-refractivity contribution is 14.0. The van der Waals surface area contributed by atoms with Gasteiger partial charge in [0.05, 0.1) is 0 Å². The van der Waals surface area contributed by atoms with Gasteiger partial charge in [0, 0.05) is 44.2 Å². The van der Waals surface area contributed by atoms with E-state index in [2.05, 4.69) is 56.9 Å². The fourth-order valence-electron chi connectivity index (χ4n) is 2.94. The number of thioether (sulfide) groups is 1. The maximum Gasteiger partial charge on any atom is 0.191 e. The summed E-state index contributed by atoms with van der Waals surface area (Å²) in [5, 5.41) is 6.96. The van der Waals surface area contributed by atoms with E-state index in [9.17, 15) is 0 Å². The first-order valence-corrected chi connectivity index (χ1v) is 9.54. The van der Waals surface area contributed by atoms with E-state index in [1.54, 1.807) is 0 Å². The van der Waals surface area contributed by atoms with Gasteiger partial charge in [0.1, 0.15) is 0 Å². The van der Waals surface area contributed by atoms with E-state index in [0.717, 1.165) is 25.6 Å². The van der Waals surface area contributed by atoms with Gasteiger partial charge in [-0.15, -0.1) is 24.0 Å². The summed E-state index contributed by atoms with van der Waals surface area (Å²) in [5.74, 6) is 3.38. The molecule has 0 aliphatic carbocycles. The molecular formula is C18H27IN4S. The third kappa shape index (κ3) is 5.58. The normalized spacial score (nSPS) is 20.6. The van der Waals surface area contributed by atoms with Crippen molar-refractivity contribution in [3.63, 3.8) is 0 Å². The fraction of sp³-hybridized carbons (Fsp3) is 0.500. The second kappa shape index (κ2) is 10.2. The molecule has 132 valence electrons. The van der Waals surface area contributed by atoms with Crippen LogP contribution in [0.5, 0.6) is 0 Å². The summed E-state index contributed by atoms with van der Waals surface area (Å²) in [5.41, 5.74) is 2.57. The summed E-state index contributed by atoms with van der Waals surface area (Å²) in [6.45, 7) is 2.85. The quantitative estimate of drug-likeness (QED) is 0.315. The van der Waals surface area contributed by atoms with Crippen LogP contribution in [0.2, 0.25) is 0 Å². The Morgan fingerprint density at radius 2 is 2.00 bits per heavy atom. The van der Waals surface area contributed by atoms with E-state index in [4.69, 9.17) is 0 Å². The van der Waals surface area contributed by atoms with Crippen molar-refractivity contribution in [2.24, 2.45) is 4.99 Å². The van der Waals surface area contributed by atoms with E-state index < -0.39 is 0 Å². The zero-order chi connectivity index (χ0) is 15.9. The lowest BCUT2D eigenvalue weighted by Gasteiger charge is -2.24. The fourth-order valence-corrected chi connectivity index (χ4v) is 4.01. The van der Waals surface area contributed by atoms with E-state index in [0.29, 0.717) is 6.04 Å². The molecule has 0 spiro atoms. The van der Waals surface area contributed by atoms with Crippen molar-refractivity contribution in [1.29, 1.82) is 0 Å². The maximum absolute atomic E-state index is 4.35. The summed E-state index contributed by atoms with van der Waals surface area (Å²) in [6.07, 6.45) is 6.97. The molecule has 1 saturated heterocycles. The van der Waals surface area contributed by atoms with Crippen LogP contribution in [-0.4, -0.2) is 43.6 Å². The number of nitrogens with zero attached hydrogens (tertiary/aromatic N) is 2. The van der Waals surface area contributed by atoms with Crippen molar-refractivity contribution < 1.29 is 0 Å². The highest BCUT2D eigenvalue weighted by Gasteiger charge is 2.14. The molecule has 4 nitrogen and oxygen atoms in total. The molecule has 0 bridgehead atoms. The Kier molecular flexibility index (Phi) is 8.24. The molecule has 0 aromatic heterocycles. The minimum atomic E-state index is 0. The molecule has 1 aromatic rings. The van der Waals surface area contributed by atoms with Crippen LogP contribution in [-0.2, 0) is 6.54 Å². The second-order valence-corrected chi connectivity index (χ2v) is 7.18. The van der Waals surface area contributed by atoms with E-state index >= 15 is 0 Å². The molecule has 1 fully saturated rings. The van der Waals surface area contributed by atoms with Crippen molar-refractivity contribution in [1.82, 2.24) is 10.6 Å². The lowest BCUT2D eigenvalue weighted by atomic mass is 10.2. The van der Waals surface area contributed by atoms with Crippen LogP contribution in [0.3, 0.4) is 0 Å². The Bertz CT molecular complexity index is 545. The summed E-state index contributed by atoms with van der Waals surface area (Å²) < 4.78 is 0. The minimum Gasteiger partial charge on any atom is -0.364 e. The highest BCUT2D eigenvalue weighted by Crippen LogP contribution is 2.18. The van der Waals surface area contributed by atoms with Crippen LogP contribution >= 0.6 is 35.7 Å². The van der Waals surface area contributed by atoms with Crippen molar-refractivity contribution in [3.05, 3.63) is 42.0 Å². The summed E-state index contributed by atoms with van der Waals surface area (Å²) in [7, 11) is 1.84. The lowest BCUT2D eigenvalue weighted by molar-refractivity contribution is 0.582. The van der Waals surface area contributed by atoms with Gasteiger partial charge in [0.25, 0.3) is 0 Å². The first-order chi connectivity index (χ1) is 11.3. The molecule has 24 heavy (non-hydrogen) atoms. The van der Waals surface area contributed by atoms with Gasteiger partial charge in [-0.2, -0.15) is 11.8 Å². The van der Waals surface area contributed by atoms with Gasteiger partial charge in [-0.05, 0) is 36.3 Å². The molecule has 3 rings (SSSR count).